The molecule has 1 aliphatic carbocycles. The average Bonchev–Trinajstić information content (AvgIpc) is 2.38. The number of nitrogens with one attached hydrogen (secondary N) is 1. The number of fused-ring (bicyclic) bond motifs is 1. The van der Waals surface area contributed by atoms with Crippen molar-refractivity contribution < 1.29 is 15.0 Å². The molecule has 2 atom stereocenters. The van der Waals surface area contributed by atoms with Crippen LogP contribution in [0.3, 0.4) is 0 Å². The van der Waals surface area contributed by atoms with Crippen LogP contribution >= 0.6 is 0 Å². The first-order chi connectivity index (χ1) is 9.47. The number of hydrogen-bond donors (Lipinski definition) is 3. The van der Waals surface area contributed by atoms with Gasteiger partial charge in [0, 0.05) is 6.04 Å². The van der Waals surface area contributed by atoms with Crippen LogP contribution in [0.15, 0.2) is 18.2 Å². The van der Waals surface area contributed by atoms with Gasteiger partial charge in [-0.3, -0.25) is 10.1 Å². The van der Waals surface area contributed by atoms with Crippen LogP contribution in [0, 0.1) is 5.92 Å². The molecule has 1 aromatic carbocycles. The lowest BCUT2D eigenvalue weighted by molar-refractivity contribution is -0.140. The van der Waals surface area contributed by atoms with E-state index in [4.69, 9.17) is 0 Å². The van der Waals surface area contributed by atoms with Gasteiger partial charge in [0.05, 0.1) is 0 Å². The van der Waals surface area contributed by atoms with Crippen LogP contribution in [0.1, 0.15) is 50.3 Å². The molecule has 4 nitrogen and oxygen atoms in total. The molecule has 3 N–H and O–H groups in total. The number of carboxylic acid groups (broad SMARTS) is 1. The van der Waals surface area contributed by atoms with Gasteiger partial charge in [-0.2, -0.15) is 0 Å². The molecule has 0 spiro atoms. The number of carboxylic acids is 1. The summed E-state index contributed by atoms with van der Waals surface area (Å²) in [5.41, 5.74) is 2.26. The van der Waals surface area contributed by atoms with E-state index in [0.29, 0.717) is 12.3 Å². The standard InChI is InChI=1S/C16H23NO3/c1-10(2)8-15(16(19)20)17-14-5-3-4-11-6-7-12(18)9-13(11)14/h6-7,9-10,14-15,17-18H,3-5,8H2,1-2H3,(H,19,20). The number of rotatable bonds is 5. The van der Waals surface area contributed by atoms with Crippen LogP contribution in [0.2, 0.25) is 0 Å². The second-order valence-corrected chi connectivity index (χ2v) is 6.01. The average molecular weight is 277 g/mol. The summed E-state index contributed by atoms with van der Waals surface area (Å²) in [6, 6.07) is 4.89. The minimum atomic E-state index is -0.800. The van der Waals surface area contributed by atoms with Crippen molar-refractivity contribution in [2.24, 2.45) is 5.92 Å². The van der Waals surface area contributed by atoms with Crippen LogP contribution in [0.5, 0.6) is 5.75 Å². The third-order valence-corrected chi connectivity index (χ3v) is 3.85. The second kappa shape index (κ2) is 6.27. The fourth-order valence-electron chi connectivity index (χ4n) is 2.91. The quantitative estimate of drug-likeness (QED) is 0.774. The van der Waals surface area contributed by atoms with Gasteiger partial charge in [0.25, 0.3) is 0 Å². The van der Waals surface area contributed by atoms with E-state index in [1.54, 1.807) is 12.1 Å². The number of aryl methyl sites for hydroxylation is 1. The monoisotopic (exact) mass is 277 g/mol. The highest BCUT2D eigenvalue weighted by atomic mass is 16.4. The Labute approximate surface area is 119 Å². The molecule has 0 radical (unpaired) electrons. The molecule has 2 rings (SSSR count). The van der Waals surface area contributed by atoms with Crippen molar-refractivity contribution in [1.29, 1.82) is 0 Å². The first kappa shape index (κ1) is 14.9. The third kappa shape index (κ3) is 3.51. The van der Waals surface area contributed by atoms with Crippen LogP contribution in [0.4, 0.5) is 0 Å². The molecule has 0 saturated carbocycles. The fraction of sp³-hybridized carbons (Fsp3) is 0.562. The molecule has 4 heteroatoms. The van der Waals surface area contributed by atoms with E-state index in [2.05, 4.69) is 5.32 Å². The summed E-state index contributed by atoms with van der Waals surface area (Å²) in [4.78, 5) is 11.4. The Morgan fingerprint density at radius 2 is 2.20 bits per heavy atom. The molecule has 0 bridgehead atoms. The van der Waals surface area contributed by atoms with Gasteiger partial charge in [-0.05, 0) is 54.9 Å². The largest absolute Gasteiger partial charge is 0.508 e. The number of aliphatic carboxylic acids is 1. The van der Waals surface area contributed by atoms with Crippen molar-refractivity contribution in [3.05, 3.63) is 29.3 Å². The zero-order valence-electron chi connectivity index (χ0n) is 12.1. The SMILES string of the molecule is CC(C)CC(NC1CCCc2ccc(O)cc21)C(=O)O. The molecule has 0 aliphatic heterocycles. The Bertz CT molecular complexity index is 485. The van der Waals surface area contributed by atoms with E-state index in [0.717, 1.165) is 24.8 Å². The summed E-state index contributed by atoms with van der Waals surface area (Å²) in [7, 11) is 0. The van der Waals surface area contributed by atoms with E-state index in [9.17, 15) is 15.0 Å². The van der Waals surface area contributed by atoms with Crippen LogP contribution in [-0.4, -0.2) is 22.2 Å². The lowest BCUT2D eigenvalue weighted by atomic mass is 9.86. The number of aromatic hydroxyl groups is 1. The lowest BCUT2D eigenvalue weighted by Gasteiger charge is -2.29. The maximum Gasteiger partial charge on any atom is 0.320 e. The molecular formula is C16H23NO3. The Morgan fingerprint density at radius 3 is 2.85 bits per heavy atom. The molecule has 0 saturated heterocycles. The zero-order valence-corrected chi connectivity index (χ0v) is 12.1. The van der Waals surface area contributed by atoms with E-state index in [1.807, 2.05) is 19.9 Å². The van der Waals surface area contributed by atoms with Crippen LogP contribution in [-0.2, 0) is 11.2 Å². The summed E-state index contributed by atoms with van der Waals surface area (Å²) < 4.78 is 0. The molecule has 1 aromatic rings. The Balaban J connectivity index is 2.17. The Kier molecular flexibility index (Phi) is 4.65. The molecule has 0 fully saturated rings. The normalized spacial score (nSPS) is 19.6. The van der Waals surface area contributed by atoms with Gasteiger partial charge in [0.2, 0.25) is 0 Å². The van der Waals surface area contributed by atoms with E-state index in [-0.39, 0.29) is 11.8 Å². The fourth-order valence-corrected chi connectivity index (χ4v) is 2.91. The maximum atomic E-state index is 11.4. The van der Waals surface area contributed by atoms with Gasteiger partial charge in [-0.15, -0.1) is 0 Å². The van der Waals surface area contributed by atoms with Crippen LogP contribution in [0.25, 0.3) is 0 Å². The van der Waals surface area contributed by atoms with Crippen molar-refractivity contribution in [3.63, 3.8) is 0 Å². The second-order valence-electron chi connectivity index (χ2n) is 6.01. The molecule has 110 valence electrons. The van der Waals surface area contributed by atoms with Crippen molar-refractivity contribution in [3.8, 4) is 5.75 Å². The van der Waals surface area contributed by atoms with E-state index in [1.165, 1.54) is 5.56 Å². The number of carbonyl (C=O) groups is 1. The molecule has 0 aromatic heterocycles. The summed E-state index contributed by atoms with van der Waals surface area (Å²) >= 11 is 0. The highest BCUT2D eigenvalue weighted by molar-refractivity contribution is 5.73. The predicted octanol–water partition coefficient (Wildman–Crippen LogP) is 2.86. The number of phenols is 1. The third-order valence-electron chi connectivity index (χ3n) is 3.85. The van der Waals surface area contributed by atoms with Gasteiger partial charge in [0.15, 0.2) is 0 Å². The van der Waals surface area contributed by atoms with E-state index >= 15 is 0 Å². The molecule has 0 amide bonds. The van der Waals surface area contributed by atoms with Crippen molar-refractivity contribution in [2.75, 3.05) is 0 Å². The minimum Gasteiger partial charge on any atom is -0.508 e. The zero-order chi connectivity index (χ0) is 14.7. The van der Waals surface area contributed by atoms with E-state index < -0.39 is 12.0 Å². The first-order valence-electron chi connectivity index (χ1n) is 7.28. The predicted molar refractivity (Wildman–Crippen MR) is 77.8 cm³/mol. The lowest BCUT2D eigenvalue weighted by Crippen LogP contribution is -2.41. The number of phenolic OH excluding ortho intramolecular Hbond substituents is 1. The van der Waals surface area contributed by atoms with Gasteiger partial charge < -0.3 is 10.2 Å². The number of benzene rings is 1. The van der Waals surface area contributed by atoms with Crippen LogP contribution < -0.4 is 5.32 Å². The Hall–Kier alpha value is -1.55. The highest BCUT2D eigenvalue weighted by Crippen LogP contribution is 2.32. The molecule has 2 unspecified atom stereocenters. The maximum absolute atomic E-state index is 11.4. The highest BCUT2D eigenvalue weighted by Gasteiger charge is 2.26. The van der Waals surface area contributed by atoms with Crippen molar-refractivity contribution in [2.45, 2.75) is 51.6 Å². The number of hydrogen-bond acceptors (Lipinski definition) is 3. The van der Waals surface area contributed by atoms with Gasteiger partial charge in [0.1, 0.15) is 11.8 Å². The summed E-state index contributed by atoms with van der Waals surface area (Å²) in [5, 5.41) is 22.3. The van der Waals surface area contributed by atoms with Crippen molar-refractivity contribution in [1.82, 2.24) is 5.32 Å². The molecule has 1 aliphatic rings. The first-order valence-corrected chi connectivity index (χ1v) is 7.28. The topological polar surface area (TPSA) is 69.6 Å². The summed E-state index contributed by atoms with van der Waals surface area (Å²) in [6.07, 6.45) is 3.57. The molecule has 20 heavy (non-hydrogen) atoms. The minimum absolute atomic E-state index is 0.0192. The van der Waals surface area contributed by atoms with Gasteiger partial charge >= 0.3 is 5.97 Å². The molecule has 0 heterocycles. The summed E-state index contributed by atoms with van der Waals surface area (Å²) in [5.74, 6) is -0.227. The van der Waals surface area contributed by atoms with Gasteiger partial charge in [-0.25, -0.2) is 0 Å². The smallest absolute Gasteiger partial charge is 0.320 e. The summed E-state index contributed by atoms with van der Waals surface area (Å²) in [6.45, 7) is 4.05. The molecular weight excluding hydrogens is 254 g/mol. The van der Waals surface area contributed by atoms with Crippen molar-refractivity contribution >= 4 is 5.97 Å². The van der Waals surface area contributed by atoms with Gasteiger partial charge in [-0.1, -0.05) is 19.9 Å². The Morgan fingerprint density at radius 1 is 1.45 bits per heavy atom.